The molecule has 0 aliphatic heterocycles. The van der Waals surface area contributed by atoms with Gasteiger partial charge in [0.05, 0.1) is 11.7 Å². The van der Waals surface area contributed by atoms with Crippen molar-refractivity contribution in [2.24, 2.45) is 13.0 Å². The zero-order valence-electron chi connectivity index (χ0n) is 12.6. The van der Waals surface area contributed by atoms with Gasteiger partial charge in [0.15, 0.2) is 5.69 Å². The maximum absolute atomic E-state index is 13.1. The number of aromatic nitrogens is 4. The number of alkyl halides is 2. The van der Waals surface area contributed by atoms with Gasteiger partial charge in [0.1, 0.15) is 5.69 Å². The topological polar surface area (TPSA) is 72.7 Å². The van der Waals surface area contributed by atoms with Gasteiger partial charge in [0.25, 0.3) is 12.3 Å². The molecule has 1 amide bonds. The molecular weight excluding hydrogens is 304 g/mol. The fourth-order valence-corrected chi connectivity index (χ4v) is 2.75. The maximum atomic E-state index is 13.1. The lowest BCUT2D eigenvalue weighted by Crippen LogP contribution is -2.37. The van der Waals surface area contributed by atoms with E-state index in [1.807, 2.05) is 12.1 Å². The highest BCUT2D eigenvalue weighted by Gasteiger charge is 2.33. The van der Waals surface area contributed by atoms with Gasteiger partial charge in [-0.15, -0.1) is 5.10 Å². The number of aryl methyl sites for hydroxylation is 1. The molecule has 1 aliphatic rings. The van der Waals surface area contributed by atoms with Crippen LogP contribution in [0.15, 0.2) is 24.4 Å². The van der Waals surface area contributed by atoms with Crippen LogP contribution in [0.25, 0.3) is 0 Å². The van der Waals surface area contributed by atoms with Crippen molar-refractivity contribution in [1.82, 2.24) is 25.3 Å². The van der Waals surface area contributed by atoms with Crippen LogP contribution in [0.1, 0.15) is 53.6 Å². The molecule has 2 aromatic rings. The molecule has 1 atom stereocenters. The van der Waals surface area contributed by atoms with Gasteiger partial charge in [-0.25, -0.2) is 13.5 Å². The van der Waals surface area contributed by atoms with Gasteiger partial charge in [-0.1, -0.05) is 17.7 Å². The molecule has 1 N–H and O–H groups in total. The normalized spacial score (nSPS) is 16.2. The molecule has 2 heterocycles. The SMILES string of the molecule is Cn1nnc(C(=O)NC(c2ccccn2)C2CCC2)c1C(F)F. The molecule has 1 unspecified atom stereocenters. The first-order valence-electron chi connectivity index (χ1n) is 7.47. The van der Waals surface area contributed by atoms with E-state index in [1.165, 1.54) is 7.05 Å². The standard InChI is InChI=1S/C15H17F2N5O/c1-22-13(14(16)17)12(20-21-22)15(23)19-11(9-5-4-6-9)10-7-2-3-8-18-10/h2-3,7-9,11,14H,4-6H2,1H3,(H,19,23). The van der Waals surface area contributed by atoms with Crippen molar-refractivity contribution in [1.29, 1.82) is 0 Å². The summed E-state index contributed by atoms with van der Waals surface area (Å²) in [5.74, 6) is -0.378. The lowest BCUT2D eigenvalue weighted by Gasteiger charge is -2.33. The van der Waals surface area contributed by atoms with E-state index in [-0.39, 0.29) is 17.7 Å². The van der Waals surface area contributed by atoms with Crippen LogP contribution in [0, 0.1) is 5.92 Å². The summed E-state index contributed by atoms with van der Waals surface area (Å²) in [6.07, 6.45) is 1.89. The van der Waals surface area contributed by atoms with Crippen LogP contribution in [-0.2, 0) is 7.05 Å². The quantitative estimate of drug-likeness (QED) is 0.918. The summed E-state index contributed by atoms with van der Waals surface area (Å²) in [6.45, 7) is 0. The van der Waals surface area contributed by atoms with E-state index in [2.05, 4.69) is 20.6 Å². The van der Waals surface area contributed by atoms with Crippen molar-refractivity contribution in [2.75, 3.05) is 0 Å². The molecule has 0 aromatic carbocycles. The Balaban J connectivity index is 1.84. The Labute approximate surface area is 131 Å². The number of carbonyl (C=O) groups is 1. The van der Waals surface area contributed by atoms with Crippen molar-refractivity contribution >= 4 is 5.91 Å². The summed E-state index contributed by atoms with van der Waals surface area (Å²) in [5, 5.41) is 9.92. The molecule has 3 rings (SSSR count). The number of rotatable bonds is 5. The largest absolute Gasteiger partial charge is 0.342 e. The van der Waals surface area contributed by atoms with E-state index in [0.29, 0.717) is 0 Å². The number of halogens is 2. The second-order valence-corrected chi connectivity index (χ2v) is 5.64. The van der Waals surface area contributed by atoms with Gasteiger partial charge in [-0.05, 0) is 30.9 Å². The van der Waals surface area contributed by atoms with Gasteiger partial charge in [0.2, 0.25) is 0 Å². The fraction of sp³-hybridized carbons (Fsp3) is 0.467. The number of carbonyl (C=O) groups excluding carboxylic acids is 1. The van der Waals surface area contributed by atoms with Gasteiger partial charge >= 0.3 is 0 Å². The highest BCUT2D eigenvalue weighted by atomic mass is 19.3. The summed E-state index contributed by atoms with van der Waals surface area (Å²) in [6, 6.07) is 5.16. The van der Waals surface area contributed by atoms with E-state index in [0.717, 1.165) is 29.6 Å². The zero-order chi connectivity index (χ0) is 16.4. The van der Waals surface area contributed by atoms with Gasteiger partial charge in [-0.3, -0.25) is 9.78 Å². The number of pyridine rings is 1. The third-order valence-electron chi connectivity index (χ3n) is 4.21. The number of hydrogen-bond acceptors (Lipinski definition) is 4. The summed E-state index contributed by atoms with van der Waals surface area (Å²) in [4.78, 5) is 16.7. The van der Waals surface area contributed by atoms with Gasteiger partial charge < -0.3 is 5.32 Å². The fourth-order valence-electron chi connectivity index (χ4n) is 2.75. The Bertz CT molecular complexity index is 684. The Morgan fingerprint density at radius 1 is 1.39 bits per heavy atom. The second kappa shape index (κ2) is 6.39. The molecule has 2 aromatic heterocycles. The van der Waals surface area contributed by atoms with Crippen molar-refractivity contribution in [3.63, 3.8) is 0 Å². The van der Waals surface area contributed by atoms with Crippen LogP contribution in [-0.4, -0.2) is 25.9 Å². The van der Waals surface area contributed by atoms with E-state index < -0.39 is 18.0 Å². The summed E-state index contributed by atoms with van der Waals surface area (Å²) < 4.78 is 27.1. The molecule has 0 bridgehead atoms. The molecule has 1 saturated carbocycles. The minimum Gasteiger partial charge on any atom is -0.342 e. The molecule has 1 aliphatic carbocycles. The second-order valence-electron chi connectivity index (χ2n) is 5.64. The molecule has 8 heteroatoms. The maximum Gasteiger partial charge on any atom is 0.282 e. The van der Waals surface area contributed by atoms with Crippen molar-refractivity contribution in [3.8, 4) is 0 Å². The van der Waals surface area contributed by atoms with Crippen LogP contribution in [0.4, 0.5) is 8.78 Å². The van der Waals surface area contributed by atoms with Crippen LogP contribution in [0.3, 0.4) is 0 Å². The minimum absolute atomic E-state index is 0.264. The van der Waals surface area contributed by atoms with Crippen LogP contribution in [0.5, 0.6) is 0 Å². The van der Waals surface area contributed by atoms with Gasteiger partial charge in [0, 0.05) is 13.2 Å². The van der Waals surface area contributed by atoms with Gasteiger partial charge in [-0.2, -0.15) is 0 Å². The highest BCUT2D eigenvalue weighted by molar-refractivity contribution is 5.93. The lowest BCUT2D eigenvalue weighted by molar-refractivity contribution is 0.0877. The molecule has 0 saturated heterocycles. The average molecular weight is 321 g/mol. The molecule has 6 nitrogen and oxygen atoms in total. The third kappa shape index (κ3) is 3.06. The molecule has 0 spiro atoms. The molecule has 122 valence electrons. The average Bonchev–Trinajstić information content (AvgIpc) is 2.87. The van der Waals surface area contributed by atoms with Crippen molar-refractivity contribution in [2.45, 2.75) is 31.7 Å². The predicted molar refractivity (Wildman–Crippen MR) is 77.7 cm³/mol. The number of hydrogen-bond donors (Lipinski definition) is 1. The summed E-state index contributed by atoms with van der Waals surface area (Å²) in [5.41, 5.74) is -0.0772. The summed E-state index contributed by atoms with van der Waals surface area (Å²) in [7, 11) is 1.34. The van der Waals surface area contributed by atoms with E-state index in [4.69, 9.17) is 0 Å². The molecule has 0 radical (unpaired) electrons. The summed E-state index contributed by atoms with van der Waals surface area (Å²) >= 11 is 0. The zero-order valence-corrected chi connectivity index (χ0v) is 12.6. The first kappa shape index (κ1) is 15.5. The lowest BCUT2D eigenvalue weighted by atomic mass is 9.78. The first-order chi connectivity index (χ1) is 11.1. The molecular formula is C15H17F2N5O. The highest BCUT2D eigenvalue weighted by Crippen LogP contribution is 2.37. The minimum atomic E-state index is -2.81. The first-order valence-corrected chi connectivity index (χ1v) is 7.47. The van der Waals surface area contributed by atoms with E-state index in [9.17, 15) is 13.6 Å². The van der Waals surface area contributed by atoms with E-state index in [1.54, 1.807) is 12.3 Å². The third-order valence-corrected chi connectivity index (χ3v) is 4.21. The van der Waals surface area contributed by atoms with Crippen molar-refractivity contribution in [3.05, 3.63) is 41.5 Å². The monoisotopic (exact) mass is 321 g/mol. The number of amides is 1. The van der Waals surface area contributed by atoms with Crippen LogP contribution >= 0.6 is 0 Å². The van der Waals surface area contributed by atoms with E-state index >= 15 is 0 Å². The Kier molecular flexibility index (Phi) is 4.31. The predicted octanol–water partition coefficient (Wildman–Crippen LogP) is 2.42. The Morgan fingerprint density at radius 2 is 2.17 bits per heavy atom. The van der Waals surface area contributed by atoms with Crippen LogP contribution < -0.4 is 5.32 Å². The Hall–Kier alpha value is -2.38. The molecule has 23 heavy (non-hydrogen) atoms. The smallest absolute Gasteiger partial charge is 0.282 e. The molecule has 1 fully saturated rings. The van der Waals surface area contributed by atoms with Crippen LogP contribution in [0.2, 0.25) is 0 Å². The number of nitrogens with one attached hydrogen (secondary N) is 1. The number of nitrogens with zero attached hydrogens (tertiary/aromatic N) is 4. The van der Waals surface area contributed by atoms with Crippen molar-refractivity contribution < 1.29 is 13.6 Å². The Morgan fingerprint density at radius 3 is 2.74 bits per heavy atom.